The highest BCUT2D eigenvalue weighted by molar-refractivity contribution is 5.39. The van der Waals surface area contributed by atoms with Gasteiger partial charge < -0.3 is 4.90 Å². The Bertz CT molecular complexity index is 584. The van der Waals surface area contributed by atoms with Crippen molar-refractivity contribution in [3.05, 3.63) is 47.7 Å². The Balaban J connectivity index is 2.26. The standard InChI is InChI=1S/C13H13F3N4/c1-9-6-11(19-12(18-9)13(14,15)16)20(2)8-10-4-3-5-17-7-10/h3-7H,8H2,1-2H3. The number of pyridine rings is 1. The van der Waals surface area contributed by atoms with E-state index in [0.717, 1.165) is 5.56 Å². The lowest BCUT2D eigenvalue weighted by atomic mass is 10.2. The van der Waals surface area contributed by atoms with E-state index >= 15 is 0 Å². The minimum Gasteiger partial charge on any atom is -0.355 e. The number of halogens is 3. The van der Waals surface area contributed by atoms with Crippen molar-refractivity contribution in [2.75, 3.05) is 11.9 Å². The van der Waals surface area contributed by atoms with E-state index in [1.165, 1.54) is 13.0 Å². The maximum atomic E-state index is 12.7. The Morgan fingerprint density at radius 3 is 2.60 bits per heavy atom. The molecule has 0 saturated heterocycles. The predicted molar refractivity (Wildman–Crippen MR) is 68.1 cm³/mol. The van der Waals surface area contributed by atoms with Gasteiger partial charge in [0.1, 0.15) is 5.82 Å². The van der Waals surface area contributed by atoms with E-state index in [4.69, 9.17) is 0 Å². The van der Waals surface area contributed by atoms with Crippen LogP contribution in [-0.4, -0.2) is 22.0 Å². The van der Waals surface area contributed by atoms with Crippen LogP contribution in [0.15, 0.2) is 30.6 Å². The minimum atomic E-state index is -4.55. The second kappa shape index (κ2) is 5.44. The van der Waals surface area contributed by atoms with E-state index in [1.807, 2.05) is 6.07 Å². The molecular weight excluding hydrogens is 269 g/mol. The molecule has 106 valence electrons. The first-order valence-electron chi connectivity index (χ1n) is 5.89. The van der Waals surface area contributed by atoms with Crippen LogP contribution in [0.3, 0.4) is 0 Å². The van der Waals surface area contributed by atoms with Gasteiger partial charge in [0.05, 0.1) is 0 Å². The number of hydrogen-bond acceptors (Lipinski definition) is 4. The monoisotopic (exact) mass is 282 g/mol. The highest BCUT2D eigenvalue weighted by Crippen LogP contribution is 2.28. The van der Waals surface area contributed by atoms with Crippen molar-refractivity contribution in [2.45, 2.75) is 19.6 Å². The van der Waals surface area contributed by atoms with E-state index in [9.17, 15) is 13.2 Å². The third-order valence-corrected chi connectivity index (χ3v) is 2.63. The van der Waals surface area contributed by atoms with E-state index < -0.39 is 12.0 Å². The zero-order valence-electron chi connectivity index (χ0n) is 11.0. The quantitative estimate of drug-likeness (QED) is 0.868. The molecule has 0 aliphatic heterocycles. The third-order valence-electron chi connectivity index (χ3n) is 2.63. The summed E-state index contributed by atoms with van der Waals surface area (Å²) >= 11 is 0. The minimum absolute atomic E-state index is 0.230. The van der Waals surface area contributed by atoms with E-state index in [0.29, 0.717) is 6.54 Å². The molecule has 2 rings (SSSR count). The fourth-order valence-corrected chi connectivity index (χ4v) is 1.72. The topological polar surface area (TPSA) is 41.9 Å². The van der Waals surface area contributed by atoms with Crippen LogP contribution in [0.1, 0.15) is 17.1 Å². The Morgan fingerprint density at radius 1 is 1.25 bits per heavy atom. The smallest absolute Gasteiger partial charge is 0.355 e. The molecule has 0 amide bonds. The van der Waals surface area contributed by atoms with Crippen molar-refractivity contribution in [1.29, 1.82) is 0 Å². The number of hydrogen-bond donors (Lipinski definition) is 0. The maximum Gasteiger partial charge on any atom is 0.451 e. The van der Waals surface area contributed by atoms with Gasteiger partial charge in [-0.25, -0.2) is 9.97 Å². The summed E-state index contributed by atoms with van der Waals surface area (Å²) in [6.45, 7) is 1.93. The van der Waals surface area contributed by atoms with Gasteiger partial charge >= 0.3 is 6.18 Å². The van der Waals surface area contributed by atoms with Gasteiger partial charge in [0.15, 0.2) is 0 Å². The van der Waals surface area contributed by atoms with E-state index in [-0.39, 0.29) is 11.5 Å². The molecule has 0 bridgehead atoms. The van der Waals surface area contributed by atoms with Crippen molar-refractivity contribution in [3.8, 4) is 0 Å². The number of alkyl halides is 3. The number of nitrogens with zero attached hydrogens (tertiary/aromatic N) is 4. The predicted octanol–water partition coefficient (Wildman–Crippen LogP) is 2.84. The SMILES string of the molecule is Cc1cc(N(C)Cc2cccnc2)nc(C(F)(F)F)n1. The van der Waals surface area contributed by atoms with Crippen LogP contribution in [0.5, 0.6) is 0 Å². The van der Waals surface area contributed by atoms with Gasteiger partial charge in [-0.1, -0.05) is 6.07 Å². The lowest BCUT2D eigenvalue weighted by molar-refractivity contribution is -0.145. The van der Waals surface area contributed by atoms with Crippen LogP contribution in [-0.2, 0) is 12.7 Å². The highest BCUT2D eigenvalue weighted by Gasteiger charge is 2.35. The van der Waals surface area contributed by atoms with Gasteiger partial charge in [0, 0.05) is 37.7 Å². The number of aryl methyl sites for hydroxylation is 1. The summed E-state index contributed by atoms with van der Waals surface area (Å²) in [6, 6.07) is 5.14. The molecule has 0 aliphatic rings. The average Bonchev–Trinajstić information content (AvgIpc) is 2.38. The van der Waals surface area contributed by atoms with Crippen LogP contribution < -0.4 is 4.90 Å². The maximum absolute atomic E-state index is 12.7. The Kier molecular flexibility index (Phi) is 3.87. The fourth-order valence-electron chi connectivity index (χ4n) is 1.72. The summed E-state index contributed by atoms with van der Waals surface area (Å²) in [7, 11) is 1.68. The van der Waals surface area contributed by atoms with Crippen LogP contribution in [0.25, 0.3) is 0 Å². The van der Waals surface area contributed by atoms with Crippen molar-refractivity contribution >= 4 is 5.82 Å². The van der Waals surface area contributed by atoms with Crippen molar-refractivity contribution in [3.63, 3.8) is 0 Å². The zero-order valence-corrected chi connectivity index (χ0v) is 11.0. The van der Waals surface area contributed by atoms with Gasteiger partial charge in [-0.15, -0.1) is 0 Å². The first kappa shape index (κ1) is 14.2. The van der Waals surface area contributed by atoms with Gasteiger partial charge in [-0.3, -0.25) is 4.98 Å². The summed E-state index contributed by atoms with van der Waals surface area (Å²) < 4.78 is 38.1. The molecule has 20 heavy (non-hydrogen) atoms. The van der Waals surface area contributed by atoms with Crippen LogP contribution in [0.2, 0.25) is 0 Å². The lowest BCUT2D eigenvalue weighted by Gasteiger charge is -2.19. The summed E-state index contributed by atoms with van der Waals surface area (Å²) in [5, 5.41) is 0. The van der Waals surface area contributed by atoms with Gasteiger partial charge in [-0.05, 0) is 18.6 Å². The first-order chi connectivity index (χ1) is 9.36. The largest absolute Gasteiger partial charge is 0.451 e. The third kappa shape index (κ3) is 3.43. The normalized spacial score (nSPS) is 11.4. The fraction of sp³-hybridized carbons (Fsp3) is 0.308. The van der Waals surface area contributed by atoms with Crippen LogP contribution in [0.4, 0.5) is 19.0 Å². The van der Waals surface area contributed by atoms with Crippen molar-refractivity contribution in [1.82, 2.24) is 15.0 Å². The average molecular weight is 282 g/mol. The Labute approximate surface area is 114 Å². The summed E-state index contributed by atoms with van der Waals surface area (Å²) in [5.74, 6) is -0.890. The summed E-state index contributed by atoms with van der Waals surface area (Å²) in [6.07, 6.45) is -1.24. The van der Waals surface area contributed by atoms with Gasteiger partial charge in [0.2, 0.25) is 5.82 Å². The second-order valence-electron chi connectivity index (χ2n) is 4.41. The number of aromatic nitrogens is 3. The molecule has 0 radical (unpaired) electrons. The molecule has 0 atom stereocenters. The van der Waals surface area contributed by atoms with Gasteiger partial charge in [-0.2, -0.15) is 13.2 Å². The van der Waals surface area contributed by atoms with Crippen LogP contribution in [0, 0.1) is 6.92 Å². The lowest BCUT2D eigenvalue weighted by Crippen LogP contribution is -2.21. The molecule has 0 saturated carbocycles. The molecule has 2 aromatic heterocycles. The van der Waals surface area contributed by atoms with E-state index in [1.54, 1.807) is 30.4 Å². The second-order valence-corrected chi connectivity index (χ2v) is 4.41. The Hall–Kier alpha value is -2.18. The molecule has 0 spiro atoms. The zero-order chi connectivity index (χ0) is 14.8. The van der Waals surface area contributed by atoms with Crippen molar-refractivity contribution in [2.24, 2.45) is 0 Å². The molecule has 4 nitrogen and oxygen atoms in total. The number of anilines is 1. The highest BCUT2D eigenvalue weighted by atomic mass is 19.4. The summed E-state index contributed by atoms with van der Waals surface area (Å²) in [4.78, 5) is 12.6. The molecule has 0 fully saturated rings. The molecule has 0 N–H and O–H groups in total. The first-order valence-corrected chi connectivity index (χ1v) is 5.89. The molecule has 0 aromatic carbocycles. The summed E-state index contributed by atoms with van der Waals surface area (Å²) in [5.41, 5.74) is 1.17. The molecule has 0 aliphatic carbocycles. The van der Waals surface area contributed by atoms with Crippen LogP contribution >= 0.6 is 0 Å². The van der Waals surface area contributed by atoms with Crippen molar-refractivity contribution < 1.29 is 13.2 Å². The molecule has 7 heteroatoms. The molecule has 0 unspecified atom stereocenters. The molecule has 2 aromatic rings. The number of rotatable bonds is 3. The molecule has 2 heterocycles. The Morgan fingerprint density at radius 2 is 2.00 bits per heavy atom. The molecular formula is C13H13F3N4. The van der Waals surface area contributed by atoms with E-state index in [2.05, 4.69) is 15.0 Å². The van der Waals surface area contributed by atoms with Gasteiger partial charge in [0.25, 0.3) is 0 Å².